The molecule has 1 aromatic heterocycles. The molecule has 32 heavy (non-hydrogen) atoms. The fourth-order valence-electron chi connectivity index (χ4n) is 3.85. The summed E-state index contributed by atoms with van der Waals surface area (Å²) in [5, 5.41) is 13.9. The average Bonchev–Trinajstić information content (AvgIpc) is 2.80. The van der Waals surface area contributed by atoms with Crippen LogP contribution < -0.4 is 15.0 Å². The molecule has 2 heterocycles. The van der Waals surface area contributed by atoms with Crippen LogP contribution >= 0.6 is 11.6 Å². The van der Waals surface area contributed by atoms with Gasteiger partial charge in [0.05, 0.1) is 25.3 Å². The predicted molar refractivity (Wildman–Crippen MR) is 124 cm³/mol. The number of nitriles is 1. The number of carbonyl (C=O) groups is 1. The van der Waals surface area contributed by atoms with E-state index in [4.69, 9.17) is 21.6 Å². The number of benzene rings is 2. The highest BCUT2D eigenvalue weighted by Crippen LogP contribution is 2.30. The maximum Gasteiger partial charge on any atom is 0.274 e. The lowest BCUT2D eigenvalue weighted by Gasteiger charge is -2.39. The summed E-state index contributed by atoms with van der Waals surface area (Å²) in [4.78, 5) is 25.7. The molecule has 1 atom stereocenters. The first-order chi connectivity index (χ1) is 15.5. The van der Waals surface area contributed by atoms with Gasteiger partial charge in [0.15, 0.2) is 0 Å². The standard InChI is InChI=1S/C23H23ClN6O2/c1-29-9-10-30(14-16(29)7-8-25)21-13-20(27-23(24)28-21)22(31)26-19-12-17(32-2)11-15-5-3-4-6-18(15)19/h3-6,11-13,16H,7,9-10,14H2,1-2H3,(H,26,31)/t16-/m0/s1. The van der Waals surface area contributed by atoms with Crippen LogP contribution in [0.4, 0.5) is 11.5 Å². The van der Waals surface area contributed by atoms with Crippen molar-refractivity contribution in [2.45, 2.75) is 12.5 Å². The van der Waals surface area contributed by atoms with Crippen LogP contribution in [0.2, 0.25) is 5.28 Å². The quantitative estimate of drug-likeness (QED) is 0.593. The zero-order valence-corrected chi connectivity index (χ0v) is 18.6. The fraction of sp³-hybridized carbons (Fsp3) is 0.304. The molecule has 2 aromatic carbocycles. The lowest BCUT2D eigenvalue weighted by atomic mass is 10.1. The number of anilines is 2. The molecular formula is C23H23ClN6O2. The van der Waals surface area contributed by atoms with E-state index in [-0.39, 0.29) is 17.0 Å². The molecule has 0 unspecified atom stereocenters. The molecule has 1 N–H and O–H groups in total. The molecule has 1 aliphatic rings. The number of aromatic nitrogens is 2. The summed E-state index contributed by atoms with van der Waals surface area (Å²) in [6.45, 7) is 2.12. The maximum absolute atomic E-state index is 13.1. The summed E-state index contributed by atoms with van der Waals surface area (Å²) in [5.41, 5.74) is 0.789. The Balaban J connectivity index is 1.61. The molecule has 164 valence electrons. The van der Waals surface area contributed by atoms with Gasteiger partial charge in [-0.05, 0) is 30.1 Å². The minimum Gasteiger partial charge on any atom is -0.497 e. The number of likely N-dealkylation sites (N-methyl/N-ethyl adjacent to an activating group) is 1. The van der Waals surface area contributed by atoms with Crippen LogP contribution in [-0.4, -0.2) is 60.6 Å². The Bertz CT molecular complexity index is 1190. The summed E-state index contributed by atoms with van der Waals surface area (Å²) >= 11 is 6.17. The Hall–Kier alpha value is -3.41. The first-order valence-electron chi connectivity index (χ1n) is 10.2. The lowest BCUT2D eigenvalue weighted by Crippen LogP contribution is -2.51. The van der Waals surface area contributed by atoms with Crippen molar-refractivity contribution in [2.24, 2.45) is 0 Å². The van der Waals surface area contributed by atoms with Gasteiger partial charge in [0, 0.05) is 43.2 Å². The number of amides is 1. The topological polar surface area (TPSA) is 94.4 Å². The van der Waals surface area contributed by atoms with Gasteiger partial charge in [-0.2, -0.15) is 5.26 Å². The smallest absolute Gasteiger partial charge is 0.274 e. The Labute approximate surface area is 191 Å². The number of ether oxygens (including phenoxy) is 1. The van der Waals surface area contributed by atoms with Gasteiger partial charge in [-0.25, -0.2) is 9.97 Å². The number of fused-ring (bicyclic) bond motifs is 1. The number of halogens is 1. The Morgan fingerprint density at radius 3 is 2.88 bits per heavy atom. The molecule has 1 fully saturated rings. The monoisotopic (exact) mass is 450 g/mol. The maximum atomic E-state index is 13.1. The largest absolute Gasteiger partial charge is 0.497 e. The third-order valence-corrected chi connectivity index (χ3v) is 5.83. The summed E-state index contributed by atoms with van der Waals surface area (Å²) in [6, 6.07) is 15.4. The molecule has 0 spiro atoms. The van der Waals surface area contributed by atoms with Crippen molar-refractivity contribution in [3.8, 4) is 11.8 Å². The van der Waals surface area contributed by atoms with Crippen LogP contribution in [0.5, 0.6) is 5.75 Å². The van der Waals surface area contributed by atoms with Crippen molar-refractivity contribution >= 4 is 39.8 Å². The van der Waals surface area contributed by atoms with Crippen molar-refractivity contribution in [2.75, 3.05) is 44.0 Å². The first kappa shape index (κ1) is 21.8. The van der Waals surface area contributed by atoms with Crippen LogP contribution in [0.1, 0.15) is 16.9 Å². The van der Waals surface area contributed by atoms with Crippen molar-refractivity contribution in [1.29, 1.82) is 5.26 Å². The third-order valence-electron chi connectivity index (χ3n) is 5.67. The van der Waals surface area contributed by atoms with E-state index in [1.54, 1.807) is 19.2 Å². The van der Waals surface area contributed by atoms with Gasteiger partial charge in [-0.3, -0.25) is 9.69 Å². The lowest BCUT2D eigenvalue weighted by molar-refractivity contribution is 0.102. The van der Waals surface area contributed by atoms with E-state index in [9.17, 15) is 4.79 Å². The molecule has 0 saturated carbocycles. The summed E-state index contributed by atoms with van der Waals surface area (Å²) in [6.07, 6.45) is 0.419. The van der Waals surface area contributed by atoms with E-state index in [1.807, 2.05) is 42.3 Å². The van der Waals surface area contributed by atoms with Crippen molar-refractivity contribution < 1.29 is 9.53 Å². The van der Waals surface area contributed by atoms with Gasteiger partial charge in [-0.1, -0.05) is 24.3 Å². The molecular weight excluding hydrogens is 428 g/mol. The van der Waals surface area contributed by atoms with E-state index >= 15 is 0 Å². The minimum absolute atomic E-state index is 0.00101. The first-order valence-corrected chi connectivity index (χ1v) is 10.6. The predicted octanol–water partition coefficient (Wildman–Crippen LogP) is 3.58. The summed E-state index contributed by atoms with van der Waals surface area (Å²) in [7, 11) is 3.59. The molecule has 1 amide bonds. The van der Waals surface area contributed by atoms with E-state index in [0.717, 1.165) is 17.3 Å². The van der Waals surface area contributed by atoms with Crippen molar-refractivity contribution in [1.82, 2.24) is 14.9 Å². The highest BCUT2D eigenvalue weighted by Gasteiger charge is 2.26. The number of nitrogens with one attached hydrogen (secondary N) is 1. The highest BCUT2D eigenvalue weighted by molar-refractivity contribution is 6.28. The second kappa shape index (κ2) is 9.39. The van der Waals surface area contributed by atoms with E-state index in [1.165, 1.54) is 0 Å². The molecule has 3 aromatic rings. The molecule has 1 saturated heterocycles. The number of hydrogen-bond donors (Lipinski definition) is 1. The minimum atomic E-state index is -0.392. The molecule has 0 aliphatic carbocycles. The number of rotatable bonds is 5. The number of hydrogen-bond acceptors (Lipinski definition) is 7. The van der Waals surface area contributed by atoms with Crippen molar-refractivity contribution in [3.05, 3.63) is 53.4 Å². The zero-order chi connectivity index (χ0) is 22.7. The Kier molecular flexibility index (Phi) is 6.40. The van der Waals surface area contributed by atoms with E-state index < -0.39 is 5.91 Å². The SMILES string of the molecule is COc1cc(NC(=O)c2cc(N3CCN(C)[C@@H](CC#N)C3)nc(Cl)n2)c2ccccc2c1. The van der Waals surface area contributed by atoms with Gasteiger partial charge in [0.25, 0.3) is 5.91 Å². The second-order valence-corrected chi connectivity index (χ2v) is 8.01. The van der Waals surface area contributed by atoms with Crippen LogP contribution in [0.3, 0.4) is 0 Å². The fourth-order valence-corrected chi connectivity index (χ4v) is 4.03. The molecule has 0 radical (unpaired) electrons. The van der Waals surface area contributed by atoms with Crippen LogP contribution in [0.15, 0.2) is 42.5 Å². The number of carbonyl (C=O) groups excluding carboxylic acids is 1. The Morgan fingerprint density at radius 2 is 2.09 bits per heavy atom. The van der Waals surface area contributed by atoms with E-state index in [2.05, 4.69) is 26.3 Å². The molecule has 1 aliphatic heterocycles. The third kappa shape index (κ3) is 4.59. The van der Waals surface area contributed by atoms with Gasteiger partial charge in [0.1, 0.15) is 17.3 Å². The van der Waals surface area contributed by atoms with Gasteiger partial charge < -0.3 is 15.0 Å². The van der Waals surface area contributed by atoms with Gasteiger partial charge in [-0.15, -0.1) is 0 Å². The molecule has 4 rings (SSSR count). The van der Waals surface area contributed by atoms with Gasteiger partial charge >= 0.3 is 0 Å². The summed E-state index contributed by atoms with van der Waals surface area (Å²) < 4.78 is 5.37. The number of methoxy groups -OCH3 is 1. The van der Waals surface area contributed by atoms with Crippen molar-refractivity contribution in [3.63, 3.8) is 0 Å². The van der Waals surface area contributed by atoms with Crippen LogP contribution in [0.25, 0.3) is 10.8 Å². The summed E-state index contributed by atoms with van der Waals surface area (Å²) in [5.74, 6) is 0.819. The average molecular weight is 451 g/mol. The highest BCUT2D eigenvalue weighted by atomic mass is 35.5. The van der Waals surface area contributed by atoms with Gasteiger partial charge in [0.2, 0.25) is 5.28 Å². The Morgan fingerprint density at radius 1 is 1.28 bits per heavy atom. The second-order valence-electron chi connectivity index (χ2n) is 7.67. The molecule has 0 bridgehead atoms. The van der Waals surface area contributed by atoms with Crippen LogP contribution in [0, 0.1) is 11.3 Å². The van der Waals surface area contributed by atoms with E-state index in [0.29, 0.717) is 36.8 Å². The van der Waals surface area contributed by atoms with Crippen LogP contribution in [-0.2, 0) is 0 Å². The zero-order valence-electron chi connectivity index (χ0n) is 17.9. The normalized spacial score (nSPS) is 16.6. The molecule has 9 heteroatoms. The number of piperazine rings is 1. The molecule has 8 nitrogen and oxygen atoms in total. The number of nitrogens with zero attached hydrogens (tertiary/aromatic N) is 5.